The molecule has 1 heterocycles. The summed E-state index contributed by atoms with van der Waals surface area (Å²) in [6, 6.07) is 8.08. The minimum absolute atomic E-state index is 0.193. The second kappa shape index (κ2) is 10.3. The van der Waals surface area contributed by atoms with E-state index in [2.05, 4.69) is 10.4 Å². The third-order valence-electron chi connectivity index (χ3n) is 6.59. The number of aromatic nitrogens is 2. The van der Waals surface area contributed by atoms with Crippen molar-refractivity contribution in [2.45, 2.75) is 44.8 Å². The fourth-order valence-corrected chi connectivity index (χ4v) is 4.93. The molecule has 186 valence electrons. The highest BCUT2D eigenvalue weighted by atomic mass is 35.5. The average molecular weight is 508 g/mol. The van der Waals surface area contributed by atoms with Crippen LogP contribution in [0.4, 0.5) is 13.2 Å². The molecule has 10 heteroatoms. The first-order chi connectivity index (χ1) is 16.6. The standard InChI is InChI=1S/C25H25ClF3N3O3/c26-21-10-9-19(24(35)30-12-16-3-1-15(2-4-16)11-22(33)34)20-13-31-32(23(20)21)14-17-5-7-18(8-6-17)25(27,28)29/h5-10,13,15-16H,1-4,11-12,14H2,(H,30,35)(H,33,34). The van der Waals surface area contributed by atoms with Crippen LogP contribution < -0.4 is 5.32 Å². The van der Waals surface area contributed by atoms with Crippen LogP contribution in [0.3, 0.4) is 0 Å². The number of carboxylic acid groups (broad SMARTS) is 1. The Bertz CT molecular complexity index is 1220. The number of carbonyl (C=O) groups excluding carboxylic acids is 1. The molecule has 4 rings (SSSR count). The SMILES string of the molecule is O=C(O)CC1CCC(CNC(=O)c2ccc(Cl)c3c2cnn3Cc2ccc(C(F)(F)F)cc2)CC1. The predicted octanol–water partition coefficient (Wildman–Crippen LogP) is 5.77. The lowest BCUT2D eigenvalue weighted by molar-refractivity contribution is -0.139. The van der Waals surface area contributed by atoms with E-state index in [4.69, 9.17) is 16.7 Å². The topological polar surface area (TPSA) is 84.2 Å². The zero-order chi connectivity index (χ0) is 25.2. The molecule has 1 amide bonds. The van der Waals surface area contributed by atoms with Crippen molar-refractivity contribution in [3.05, 3.63) is 64.3 Å². The fourth-order valence-electron chi connectivity index (χ4n) is 4.67. The lowest BCUT2D eigenvalue weighted by Crippen LogP contribution is -2.31. The Hall–Kier alpha value is -3.07. The van der Waals surface area contributed by atoms with Crippen molar-refractivity contribution in [1.82, 2.24) is 15.1 Å². The molecule has 1 aliphatic rings. The van der Waals surface area contributed by atoms with Gasteiger partial charge in [0.15, 0.2) is 0 Å². The molecular formula is C25H25ClF3N3O3. The number of nitrogens with one attached hydrogen (secondary N) is 1. The third kappa shape index (κ3) is 5.96. The third-order valence-corrected chi connectivity index (χ3v) is 6.90. The summed E-state index contributed by atoms with van der Waals surface area (Å²) in [7, 11) is 0. The van der Waals surface area contributed by atoms with E-state index in [0.29, 0.717) is 39.5 Å². The van der Waals surface area contributed by atoms with E-state index in [0.717, 1.165) is 37.8 Å². The van der Waals surface area contributed by atoms with Crippen LogP contribution in [0.25, 0.3) is 10.9 Å². The molecule has 1 aliphatic carbocycles. The molecular weight excluding hydrogens is 483 g/mol. The van der Waals surface area contributed by atoms with E-state index in [1.807, 2.05) is 0 Å². The van der Waals surface area contributed by atoms with E-state index >= 15 is 0 Å². The normalized spacial score (nSPS) is 18.5. The summed E-state index contributed by atoms with van der Waals surface area (Å²) in [6.45, 7) is 0.703. The van der Waals surface area contributed by atoms with E-state index in [1.165, 1.54) is 18.3 Å². The van der Waals surface area contributed by atoms with E-state index in [-0.39, 0.29) is 24.8 Å². The van der Waals surface area contributed by atoms with Gasteiger partial charge in [0.05, 0.1) is 34.4 Å². The van der Waals surface area contributed by atoms with Crippen LogP contribution in [0.15, 0.2) is 42.6 Å². The number of alkyl halides is 3. The van der Waals surface area contributed by atoms with Crippen LogP contribution in [0.1, 0.15) is 53.6 Å². The van der Waals surface area contributed by atoms with Gasteiger partial charge in [-0.2, -0.15) is 18.3 Å². The fraction of sp³-hybridized carbons (Fsp3) is 0.400. The molecule has 35 heavy (non-hydrogen) atoms. The van der Waals surface area contributed by atoms with Crippen molar-refractivity contribution in [3.63, 3.8) is 0 Å². The first-order valence-corrected chi connectivity index (χ1v) is 11.8. The van der Waals surface area contributed by atoms with E-state index < -0.39 is 17.7 Å². The van der Waals surface area contributed by atoms with Gasteiger partial charge in [-0.25, -0.2) is 0 Å². The quantitative estimate of drug-likeness (QED) is 0.425. The van der Waals surface area contributed by atoms with Gasteiger partial charge >= 0.3 is 12.1 Å². The Balaban J connectivity index is 1.44. The smallest absolute Gasteiger partial charge is 0.416 e. The Morgan fingerprint density at radius 1 is 1.06 bits per heavy atom. The van der Waals surface area contributed by atoms with Gasteiger partial charge in [-0.05, 0) is 67.3 Å². The molecule has 0 radical (unpaired) electrons. The van der Waals surface area contributed by atoms with Gasteiger partial charge < -0.3 is 10.4 Å². The number of aliphatic carboxylic acids is 1. The minimum atomic E-state index is -4.40. The molecule has 0 bridgehead atoms. The van der Waals surface area contributed by atoms with Crippen LogP contribution in [0.2, 0.25) is 5.02 Å². The van der Waals surface area contributed by atoms with Crippen molar-refractivity contribution >= 4 is 34.4 Å². The van der Waals surface area contributed by atoms with E-state index in [9.17, 15) is 22.8 Å². The number of nitrogens with zero attached hydrogens (tertiary/aromatic N) is 2. The molecule has 3 aromatic rings. The Morgan fingerprint density at radius 3 is 2.34 bits per heavy atom. The highest BCUT2D eigenvalue weighted by Gasteiger charge is 2.30. The summed E-state index contributed by atoms with van der Waals surface area (Å²) in [5, 5.41) is 17.2. The van der Waals surface area contributed by atoms with Gasteiger partial charge in [-0.15, -0.1) is 0 Å². The number of carbonyl (C=O) groups is 2. The molecule has 0 unspecified atom stereocenters. The molecule has 2 N–H and O–H groups in total. The van der Waals surface area contributed by atoms with Crippen LogP contribution in [0.5, 0.6) is 0 Å². The van der Waals surface area contributed by atoms with Crippen molar-refractivity contribution < 1.29 is 27.9 Å². The maximum atomic E-state index is 12.9. The maximum Gasteiger partial charge on any atom is 0.416 e. The Morgan fingerprint density at radius 2 is 1.71 bits per heavy atom. The number of carboxylic acids is 1. The number of halogens is 4. The van der Waals surface area contributed by atoms with Crippen molar-refractivity contribution in [3.8, 4) is 0 Å². The number of hydrogen-bond donors (Lipinski definition) is 2. The summed E-state index contributed by atoms with van der Waals surface area (Å²) in [4.78, 5) is 23.8. The summed E-state index contributed by atoms with van der Waals surface area (Å²) in [5.41, 5.74) is 0.849. The van der Waals surface area contributed by atoms with Crippen molar-refractivity contribution in [1.29, 1.82) is 0 Å². The largest absolute Gasteiger partial charge is 0.481 e. The van der Waals surface area contributed by atoms with Crippen molar-refractivity contribution in [2.24, 2.45) is 11.8 Å². The number of benzene rings is 2. The van der Waals surface area contributed by atoms with Gasteiger partial charge in [0.2, 0.25) is 0 Å². The van der Waals surface area contributed by atoms with Crippen LogP contribution in [0, 0.1) is 11.8 Å². The molecule has 0 atom stereocenters. The molecule has 1 saturated carbocycles. The highest BCUT2D eigenvalue weighted by molar-refractivity contribution is 6.35. The van der Waals surface area contributed by atoms with Crippen LogP contribution in [-0.4, -0.2) is 33.3 Å². The van der Waals surface area contributed by atoms with Gasteiger partial charge in [-0.3, -0.25) is 14.3 Å². The maximum absolute atomic E-state index is 12.9. The molecule has 0 saturated heterocycles. The average Bonchev–Trinajstić information content (AvgIpc) is 3.22. The van der Waals surface area contributed by atoms with Crippen LogP contribution in [-0.2, 0) is 17.5 Å². The number of amides is 1. The molecule has 0 aliphatic heterocycles. The Kier molecular flexibility index (Phi) is 7.35. The summed E-state index contributed by atoms with van der Waals surface area (Å²) >= 11 is 6.40. The molecule has 1 fully saturated rings. The molecule has 0 spiro atoms. The zero-order valence-electron chi connectivity index (χ0n) is 18.8. The van der Waals surface area contributed by atoms with Gasteiger partial charge in [0.1, 0.15) is 0 Å². The summed E-state index contributed by atoms with van der Waals surface area (Å²) in [5.74, 6) is -0.527. The lowest BCUT2D eigenvalue weighted by Gasteiger charge is -2.27. The lowest BCUT2D eigenvalue weighted by atomic mass is 9.80. The van der Waals surface area contributed by atoms with E-state index in [1.54, 1.807) is 16.8 Å². The number of hydrogen-bond acceptors (Lipinski definition) is 3. The first kappa shape index (κ1) is 25.0. The van der Waals surface area contributed by atoms with Gasteiger partial charge in [0, 0.05) is 18.4 Å². The van der Waals surface area contributed by atoms with Crippen molar-refractivity contribution in [2.75, 3.05) is 6.54 Å². The van der Waals surface area contributed by atoms with Gasteiger partial charge in [0.25, 0.3) is 5.91 Å². The summed E-state index contributed by atoms with van der Waals surface area (Å²) in [6.07, 6.45) is 0.762. The molecule has 2 aromatic carbocycles. The molecule has 6 nitrogen and oxygen atoms in total. The minimum Gasteiger partial charge on any atom is -0.481 e. The Labute approximate surface area is 205 Å². The molecule has 1 aromatic heterocycles. The monoisotopic (exact) mass is 507 g/mol. The number of fused-ring (bicyclic) bond motifs is 1. The van der Waals surface area contributed by atoms with Crippen LogP contribution >= 0.6 is 11.6 Å². The first-order valence-electron chi connectivity index (χ1n) is 11.4. The summed E-state index contributed by atoms with van der Waals surface area (Å²) < 4.78 is 40.1. The zero-order valence-corrected chi connectivity index (χ0v) is 19.6. The number of rotatable bonds is 7. The predicted molar refractivity (Wildman–Crippen MR) is 125 cm³/mol. The van der Waals surface area contributed by atoms with Gasteiger partial charge in [-0.1, -0.05) is 23.7 Å². The highest BCUT2D eigenvalue weighted by Crippen LogP contribution is 2.32. The second-order valence-electron chi connectivity index (χ2n) is 9.05. The second-order valence-corrected chi connectivity index (χ2v) is 9.46.